The summed E-state index contributed by atoms with van der Waals surface area (Å²) in [4.78, 5) is 38.9. The van der Waals surface area contributed by atoms with Crippen LogP contribution < -0.4 is 10.2 Å². The van der Waals surface area contributed by atoms with Crippen molar-refractivity contribution in [3.05, 3.63) is 101 Å². The summed E-state index contributed by atoms with van der Waals surface area (Å²) in [6.45, 7) is 3.34. The van der Waals surface area contributed by atoms with Gasteiger partial charge in [-0.1, -0.05) is 60.2 Å². The molecule has 3 aromatic carbocycles. The van der Waals surface area contributed by atoms with E-state index in [2.05, 4.69) is 5.32 Å². The lowest BCUT2D eigenvalue weighted by Crippen LogP contribution is -2.29. The molecule has 0 unspecified atom stereocenters. The maximum atomic E-state index is 13.1. The van der Waals surface area contributed by atoms with E-state index in [-0.39, 0.29) is 17.2 Å². The molecule has 0 aliphatic carbocycles. The van der Waals surface area contributed by atoms with Crippen molar-refractivity contribution in [2.45, 2.75) is 19.9 Å². The van der Waals surface area contributed by atoms with Crippen LogP contribution in [0, 0.1) is 6.92 Å². The third-order valence-corrected chi connectivity index (χ3v) is 5.35. The maximum absolute atomic E-state index is 13.1. The molecule has 1 aliphatic rings. The van der Waals surface area contributed by atoms with Crippen LogP contribution in [0.5, 0.6) is 0 Å². The van der Waals surface area contributed by atoms with Gasteiger partial charge in [0, 0.05) is 23.9 Å². The van der Waals surface area contributed by atoms with Crippen molar-refractivity contribution in [2.24, 2.45) is 0 Å². The first-order valence-electron chi connectivity index (χ1n) is 10.2. The van der Waals surface area contributed by atoms with Crippen molar-refractivity contribution in [1.29, 1.82) is 0 Å². The fourth-order valence-electron chi connectivity index (χ4n) is 3.83. The summed E-state index contributed by atoms with van der Waals surface area (Å²) < 4.78 is 0. The summed E-state index contributed by atoms with van der Waals surface area (Å²) in [6, 6.07) is 22.1. The van der Waals surface area contributed by atoms with E-state index in [0.717, 1.165) is 5.56 Å². The van der Waals surface area contributed by atoms with Crippen LogP contribution in [0.25, 0.3) is 5.76 Å². The highest BCUT2D eigenvalue weighted by atomic mass is 16.3. The predicted molar refractivity (Wildman–Crippen MR) is 123 cm³/mol. The number of hydrogen-bond donors (Lipinski definition) is 2. The molecule has 32 heavy (non-hydrogen) atoms. The van der Waals surface area contributed by atoms with Gasteiger partial charge in [-0.15, -0.1) is 0 Å². The molecule has 1 aliphatic heterocycles. The smallest absolute Gasteiger partial charge is 0.300 e. The Hall–Kier alpha value is -4.19. The average molecular weight is 426 g/mol. The highest BCUT2D eigenvalue weighted by Gasteiger charge is 2.46. The number of anilines is 2. The number of ketones is 1. The lowest BCUT2D eigenvalue weighted by atomic mass is 9.95. The van der Waals surface area contributed by atoms with Crippen molar-refractivity contribution in [2.75, 3.05) is 10.2 Å². The van der Waals surface area contributed by atoms with Gasteiger partial charge in [0.2, 0.25) is 5.91 Å². The Morgan fingerprint density at radius 3 is 2.12 bits per heavy atom. The van der Waals surface area contributed by atoms with Crippen molar-refractivity contribution < 1.29 is 19.5 Å². The van der Waals surface area contributed by atoms with Crippen molar-refractivity contribution >= 4 is 34.7 Å². The Balaban J connectivity index is 1.85. The Bertz CT molecular complexity index is 1210. The molecule has 0 spiro atoms. The summed E-state index contributed by atoms with van der Waals surface area (Å²) in [7, 11) is 0. The molecular formula is C26H22N2O4. The van der Waals surface area contributed by atoms with Crippen LogP contribution in [0.15, 0.2) is 84.4 Å². The van der Waals surface area contributed by atoms with E-state index in [1.165, 1.54) is 11.8 Å². The Morgan fingerprint density at radius 2 is 1.53 bits per heavy atom. The lowest BCUT2D eigenvalue weighted by Gasteiger charge is -2.25. The third-order valence-electron chi connectivity index (χ3n) is 5.35. The van der Waals surface area contributed by atoms with Crippen LogP contribution in [0.3, 0.4) is 0 Å². The van der Waals surface area contributed by atoms with Gasteiger partial charge in [-0.2, -0.15) is 0 Å². The summed E-state index contributed by atoms with van der Waals surface area (Å²) in [6.07, 6.45) is 0. The highest BCUT2D eigenvalue weighted by Crippen LogP contribution is 2.42. The van der Waals surface area contributed by atoms with E-state index >= 15 is 0 Å². The molecule has 1 fully saturated rings. The van der Waals surface area contributed by atoms with Crippen molar-refractivity contribution in [3.8, 4) is 0 Å². The Kier molecular flexibility index (Phi) is 5.60. The van der Waals surface area contributed by atoms with E-state index in [4.69, 9.17) is 0 Å². The highest BCUT2D eigenvalue weighted by molar-refractivity contribution is 6.51. The molecule has 1 saturated heterocycles. The molecule has 6 nitrogen and oxygen atoms in total. The minimum Gasteiger partial charge on any atom is -0.507 e. The molecule has 0 bridgehead atoms. The number of carbonyl (C=O) groups is 3. The first-order chi connectivity index (χ1) is 15.4. The fourth-order valence-corrected chi connectivity index (χ4v) is 3.83. The fraction of sp³-hybridized carbons (Fsp3) is 0.115. The van der Waals surface area contributed by atoms with E-state index in [1.807, 2.05) is 49.4 Å². The molecule has 1 heterocycles. The number of rotatable bonds is 4. The number of aliphatic hydroxyl groups is 1. The molecule has 1 atom stereocenters. The van der Waals surface area contributed by atoms with Crippen LogP contribution in [0.2, 0.25) is 0 Å². The number of aryl methyl sites for hydroxylation is 1. The SMILES string of the molecule is CC(=O)Nc1ccc(N2C(=O)C(=O)/C(=C(/O)c3ccc(C)cc3)[C@H]2c2ccccc2)cc1. The molecule has 4 rings (SSSR count). The lowest BCUT2D eigenvalue weighted by molar-refractivity contribution is -0.132. The van der Waals surface area contributed by atoms with Gasteiger partial charge in [0.15, 0.2) is 0 Å². The first kappa shape index (κ1) is 21.1. The summed E-state index contributed by atoms with van der Waals surface area (Å²) in [5.41, 5.74) is 3.28. The summed E-state index contributed by atoms with van der Waals surface area (Å²) in [5, 5.41) is 13.8. The number of amides is 2. The molecule has 160 valence electrons. The Morgan fingerprint density at radius 1 is 0.906 bits per heavy atom. The van der Waals surface area contributed by atoms with Crippen LogP contribution in [0.4, 0.5) is 11.4 Å². The number of nitrogens with zero attached hydrogens (tertiary/aromatic N) is 1. The molecule has 6 heteroatoms. The van der Waals surface area contributed by atoms with Gasteiger partial charge in [0.1, 0.15) is 5.76 Å². The standard InChI is InChI=1S/C26H22N2O4/c1-16-8-10-19(11-9-16)24(30)22-23(18-6-4-3-5-7-18)28(26(32)25(22)31)21-14-12-20(13-15-21)27-17(2)29/h3-15,23,30H,1-2H3,(H,27,29)/b24-22+/t23-/m1/s1. The second-order valence-electron chi connectivity index (χ2n) is 7.67. The predicted octanol–water partition coefficient (Wildman–Crippen LogP) is 4.58. The number of nitrogens with one attached hydrogen (secondary N) is 1. The third kappa shape index (κ3) is 3.90. The Labute approximate surface area is 185 Å². The van der Waals surface area contributed by atoms with Gasteiger partial charge in [-0.05, 0) is 36.8 Å². The molecule has 2 amide bonds. The summed E-state index contributed by atoms with van der Waals surface area (Å²) >= 11 is 0. The second kappa shape index (κ2) is 8.51. The molecule has 0 saturated carbocycles. The second-order valence-corrected chi connectivity index (χ2v) is 7.67. The monoisotopic (exact) mass is 426 g/mol. The molecule has 3 aromatic rings. The van der Waals surface area contributed by atoms with Gasteiger partial charge in [-0.25, -0.2) is 0 Å². The molecular weight excluding hydrogens is 404 g/mol. The van der Waals surface area contributed by atoms with Crippen LogP contribution in [-0.2, 0) is 14.4 Å². The topological polar surface area (TPSA) is 86.7 Å². The normalized spacial score (nSPS) is 17.4. The van der Waals surface area contributed by atoms with Crippen LogP contribution >= 0.6 is 0 Å². The minimum absolute atomic E-state index is 0.0380. The van der Waals surface area contributed by atoms with E-state index in [1.54, 1.807) is 36.4 Å². The first-order valence-corrected chi connectivity index (χ1v) is 10.2. The zero-order valence-corrected chi connectivity index (χ0v) is 17.7. The largest absolute Gasteiger partial charge is 0.507 e. The number of hydrogen-bond acceptors (Lipinski definition) is 4. The molecule has 2 N–H and O–H groups in total. The van der Waals surface area contributed by atoms with Crippen molar-refractivity contribution in [1.82, 2.24) is 0 Å². The minimum atomic E-state index is -0.788. The zero-order valence-electron chi connectivity index (χ0n) is 17.7. The maximum Gasteiger partial charge on any atom is 0.300 e. The average Bonchev–Trinajstić information content (AvgIpc) is 3.05. The van der Waals surface area contributed by atoms with Gasteiger partial charge < -0.3 is 10.4 Å². The van der Waals surface area contributed by atoms with Gasteiger partial charge in [0.05, 0.1) is 11.6 Å². The van der Waals surface area contributed by atoms with Crippen molar-refractivity contribution in [3.63, 3.8) is 0 Å². The van der Waals surface area contributed by atoms with Crippen LogP contribution in [0.1, 0.15) is 29.7 Å². The molecule has 0 radical (unpaired) electrons. The molecule has 0 aromatic heterocycles. The van der Waals surface area contributed by atoms with E-state index in [9.17, 15) is 19.5 Å². The van der Waals surface area contributed by atoms with Gasteiger partial charge in [-0.3, -0.25) is 19.3 Å². The zero-order chi connectivity index (χ0) is 22.8. The van der Waals surface area contributed by atoms with E-state index < -0.39 is 17.7 Å². The number of Topliss-reactive ketones (excluding diaryl/α,β-unsaturated/α-hetero) is 1. The van der Waals surface area contributed by atoms with E-state index in [0.29, 0.717) is 22.5 Å². The quantitative estimate of drug-likeness (QED) is 0.363. The van der Waals surface area contributed by atoms with Gasteiger partial charge >= 0.3 is 0 Å². The number of carbonyl (C=O) groups excluding carboxylic acids is 3. The number of benzene rings is 3. The summed E-state index contributed by atoms with van der Waals surface area (Å²) in [5.74, 6) is -1.89. The van der Waals surface area contributed by atoms with Crippen LogP contribution in [-0.4, -0.2) is 22.7 Å². The number of aliphatic hydroxyl groups excluding tert-OH is 1. The van der Waals surface area contributed by atoms with Gasteiger partial charge in [0.25, 0.3) is 11.7 Å².